The molecule has 0 aliphatic rings. The van der Waals surface area contributed by atoms with Gasteiger partial charge in [-0.05, 0) is 17.5 Å². The normalized spacial score (nSPS) is 11.8. The van der Waals surface area contributed by atoms with Gasteiger partial charge in [-0.1, -0.05) is 130 Å². The van der Waals surface area contributed by atoms with Crippen molar-refractivity contribution in [3.05, 3.63) is 89.9 Å². The lowest BCUT2D eigenvalue weighted by Gasteiger charge is -2.08. The minimum atomic E-state index is 1.15. The summed E-state index contributed by atoms with van der Waals surface area (Å²) < 4.78 is 0. The zero-order chi connectivity index (χ0) is 17.6. The molecule has 2 rings (SSSR count). The second-order valence-corrected chi connectivity index (χ2v) is 6.58. The van der Waals surface area contributed by atoms with Crippen molar-refractivity contribution in [2.45, 2.75) is 51.9 Å². The third-order valence-electron chi connectivity index (χ3n) is 4.40. The highest BCUT2D eigenvalue weighted by Gasteiger charge is 2.02. The van der Waals surface area contributed by atoms with Gasteiger partial charge in [-0.3, -0.25) is 0 Å². The molecule has 0 fully saturated rings. The Kier molecular flexibility index (Phi) is 9.47. The van der Waals surface area contributed by atoms with Crippen LogP contribution in [0.2, 0.25) is 0 Å². The van der Waals surface area contributed by atoms with Gasteiger partial charge in [-0.2, -0.15) is 0 Å². The molecule has 0 atom stereocenters. The van der Waals surface area contributed by atoms with Gasteiger partial charge < -0.3 is 0 Å². The Morgan fingerprint density at radius 3 is 1.64 bits per heavy atom. The average molecular weight is 332 g/mol. The Bertz CT molecular complexity index is 558. The molecule has 0 aromatic heterocycles. The first-order chi connectivity index (χ1) is 12.4. The lowest BCUT2D eigenvalue weighted by Crippen LogP contribution is -1.90. The second kappa shape index (κ2) is 12.3. The molecule has 2 aromatic rings. The summed E-state index contributed by atoms with van der Waals surface area (Å²) in [4.78, 5) is 0. The fourth-order valence-corrected chi connectivity index (χ4v) is 2.87. The molecule has 0 aliphatic carbocycles. The van der Waals surface area contributed by atoms with Gasteiger partial charge in [-0.15, -0.1) is 0 Å². The molecule has 0 bridgehead atoms. The molecule has 0 amide bonds. The monoisotopic (exact) mass is 331 g/mol. The van der Waals surface area contributed by atoms with Crippen LogP contribution in [-0.2, 0) is 0 Å². The van der Waals surface area contributed by atoms with Gasteiger partial charge in [0.25, 0.3) is 0 Å². The van der Waals surface area contributed by atoms with Crippen molar-refractivity contribution < 1.29 is 0 Å². The van der Waals surface area contributed by atoms with Crippen molar-refractivity contribution in [1.82, 2.24) is 0 Å². The van der Waals surface area contributed by atoms with Crippen LogP contribution in [0.15, 0.2) is 72.8 Å². The Labute approximate surface area is 154 Å². The molecule has 0 saturated carbocycles. The van der Waals surface area contributed by atoms with E-state index in [1.54, 1.807) is 0 Å². The topological polar surface area (TPSA) is 0 Å². The van der Waals surface area contributed by atoms with E-state index < -0.39 is 0 Å². The van der Waals surface area contributed by atoms with E-state index in [1.165, 1.54) is 55.6 Å². The van der Waals surface area contributed by atoms with Crippen LogP contribution in [0.25, 0.3) is 12.2 Å². The predicted octanol–water partition coefficient (Wildman–Crippen LogP) is 7.74. The fourth-order valence-electron chi connectivity index (χ4n) is 2.87. The van der Waals surface area contributed by atoms with Gasteiger partial charge in [0.2, 0.25) is 0 Å². The first kappa shape index (κ1) is 19.2. The van der Waals surface area contributed by atoms with Gasteiger partial charge in [-0.25, -0.2) is 0 Å². The molecule has 0 spiro atoms. The quantitative estimate of drug-likeness (QED) is 0.369. The molecular weight excluding hydrogens is 300 g/mol. The van der Waals surface area contributed by atoms with Crippen molar-refractivity contribution in [3.8, 4) is 0 Å². The maximum Gasteiger partial charge on any atom is 0.0194 e. The first-order valence-corrected chi connectivity index (χ1v) is 9.70. The Morgan fingerprint density at radius 2 is 1.12 bits per heavy atom. The molecule has 0 saturated heterocycles. The van der Waals surface area contributed by atoms with Crippen molar-refractivity contribution in [1.29, 1.82) is 0 Å². The molecule has 0 N–H and O–H groups in total. The van der Waals surface area contributed by atoms with Crippen molar-refractivity contribution in [2.24, 2.45) is 0 Å². The maximum atomic E-state index is 2.28. The predicted molar refractivity (Wildman–Crippen MR) is 112 cm³/mol. The third kappa shape index (κ3) is 8.54. The Morgan fingerprint density at radius 1 is 0.640 bits per heavy atom. The SMILES string of the molecule is CCCCCCCC[C](C=Cc1ccccc1)C=Cc1ccccc1. The van der Waals surface area contributed by atoms with Gasteiger partial charge in [0.1, 0.15) is 0 Å². The summed E-state index contributed by atoms with van der Waals surface area (Å²) in [6.07, 6.45) is 18.2. The van der Waals surface area contributed by atoms with E-state index in [-0.39, 0.29) is 0 Å². The van der Waals surface area contributed by atoms with Crippen molar-refractivity contribution >= 4 is 12.2 Å². The largest absolute Gasteiger partial charge is 0.0728 e. The number of unbranched alkanes of at least 4 members (excludes halogenated alkanes) is 5. The summed E-state index contributed by atoms with van der Waals surface area (Å²) in [6, 6.07) is 21.1. The van der Waals surface area contributed by atoms with Gasteiger partial charge in [0.05, 0.1) is 0 Å². The summed E-state index contributed by atoms with van der Waals surface area (Å²) in [5.74, 6) is 1.41. The highest BCUT2D eigenvalue weighted by atomic mass is 14.1. The molecule has 25 heavy (non-hydrogen) atoms. The summed E-state index contributed by atoms with van der Waals surface area (Å²) in [6.45, 7) is 2.27. The fraction of sp³-hybridized carbons (Fsp3) is 0.320. The van der Waals surface area contributed by atoms with Crippen LogP contribution in [0.3, 0.4) is 0 Å². The first-order valence-electron chi connectivity index (χ1n) is 9.70. The van der Waals surface area contributed by atoms with E-state index in [9.17, 15) is 0 Å². The van der Waals surface area contributed by atoms with E-state index in [2.05, 4.69) is 91.9 Å². The van der Waals surface area contributed by atoms with Crippen molar-refractivity contribution in [3.63, 3.8) is 0 Å². The molecule has 0 unspecified atom stereocenters. The van der Waals surface area contributed by atoms with Gasteiger partial charge in [0, 0.05) is 5.92 Å². The van der Waals surface area contributed by atoms with E-state index in [1.807, 2.05) is 0 Å². The zero-order valence-corrected chi connectivity index (χ0v) is 15.5. The van der Waals surface area contributed by atoms with Crippen LogP contribution in [0.1, 0.15) is 63.0 Å². The highest BCUT2D eigenvalue weighted by molar-refractivity contribution is 5.57. The maximum absolute atomic E-state index is 2.28. The van der Waals surface area contributed by atoms with E-state index in [0.29, 0.717) is 0 Å². The smallest absolute Gasteiger partial charge is 0.0194 e. The molecule has 0 heteroatoms. The van der Waals surface area contributed by atoms with Crippen LogP contribution < -0.4 is 0 Å². The summed E-state index contributed by atoms with van der Waals surface area (Å²) in [7, 11) is 0. The lowest BCUT2D eigenvalue weighted by molar-refractivity contribution is 0.602. The van der Waals surface area contributed by atoms with Crippen LogP contribution >= 0.6 is 0 Å². The second-order valence-electron chi connectivity index (χ2n) is 6.58. The lowest BCUT2D eigenvalue weighted by atomic mass is 9.97. The third-order valence-corrected chi connectivity index (χ3v) is 4.40. The number of hydrogen-bond acceptors (Lipinski definition) is 0. The molecule has 0 nitrogen and oxygen atoms in total. The molecular formula is C25H31. The average Bonchev–Trinajstić information content (AvgIpc) is 2.67. The number of allylic oxidation sites excluding steroid dienone is 2. The molecule has 0 heterocycles. The molecule has 2 aromatic carbocycles. The number of benzene rings is 2. The number of rotatable bonds is 11. The van der Waals surface area contributed by atoms with Crippen LogP contribution in [-0.4, -0.2) is 0 Å². The Balaban J connectivity index is 1.91. The van der Waals surface area contributed by atoms with E-state index in [0.717, 1.165) is 6.42 Å². The Hall–Kier alpha value is -2.08. The highest BCUT2D eigenvalue weighted by Crippen LogP contribution is 2.19. The summed E-state index contributed by atoms with van der Waals surface area (Å²) >= 11 is 0. The van der Waals surface area contributed by atoms with Crippen LogP contribution in [0, 0.1) is 5.92 Å². The standard InChI is InChI=1S/C25H31/c1-2-3-4-5-6-9-18-25(21-19-23-14-10-7-11-15-23)22-20-24-16-12-8-13-17-24/h7-8,10-17,19-22H,2-6,9,18H2,1H3. The van der Waals surface area contributed by atoms with Crippen LogP contribution in [0.5, 0.6) is 0 Å². The van der Waals surface area contributed by atoms with Gasteiger partial charge >= 0.3 is 0 Å². The van der Waals surface area contributed by atoms with Crippen LogP contribution in [0.4, 0.5) is 0 Å². The van der Waals surface area contributed by atoms with Gasteiger partial charge in [0.15, 0.2) is 0 Å². The van der Waals surface area contributed by atoms with Crippen molar-refractivity contribution in [2.75, 3.05) is 0 Å². The van der Waals surface area contributed by atoms with E-state index in [4.69, 9.17) is 0 Å². The minimum absolute atomic E-state index is 1.15. The minimum Gasteiger partial charge on any atom is -0.0728 e. The molecule has 0 aliphatic heterocycles. The zero-order valence-electron chi connectivity index (χ0n) is 15.5. The molecule has 131 valence electrons. The summed E-state index contributed by atoms with van der Waals surface area (Å²) in [5.41, 5.74) is 2.52. The molecule has 1 radical (unpaired) electrons. The number of hydrogen-bond donors (Lipinski definition) is 0. The summed E-state index contributed by atoms with van der Waals surface area (Å²) in [5, 5.41) is 0. The van der Waals surface area contributed by atoms with E-state index >= 15 is 0 Å².